The van der Waals surface area contributed by atoms with E-state index in [1.54, 1.807) is 36.5 Å². The van der Waals surface area contributed by atoms with Gasteiger partial charge in [0.1, 0.15) is 0 Å². The van der Waals surface area contributed by atoms with Crippen LogP contribution in [0.2, 0.25) is 0 Å². The molecule has 1 aromatic heterocycles. The van der Waals surface area contributed by atoms with Crippen LogP contribution in [0.15, 0.2) is 36.5 Å². The number of hydrogen-bond donors (Lipinski definition) is 3. The molecule has 1 saturated carbocycles. The summed E-state index contributed by atoms with van der Waals surface area (Å²) in [5, 5.41) is 5.74. The Bertz CT molecular complexity index is 959. The highest BCUT2D eigenvalue weighted by molar-refractivity contribution is 5.95. The number of urea groups is 1. The summed E-state index contributed by atoms with van der Waals surface area (Å²) in [5.41, 5.74) is 2.72. The van der Waals surface area contributed by atoms with Gasteiger partial charge in [-0.05, 0) is 49.6 Å². The monoisotopic (exact) mass is 439 g/mol. The van der Waals surface area contributed by atoms with Gasteiger partial charge in [0.15, 0.2) is 0 Å². The number of aromatic nitrogens is 1. The number of carbonyl (C=O) groups excluding carboxylic acids is 3. The number of nitrogens with zero attached hydrogens (tertiary/aromatic N) is 2. The van der Waals surface area contributed by atoms with E-state index in [4.69, 9.17) is 4.74 Å². The minimum absolute atomic E-state index is 0.0111. The highest BCUT2D eigenvalue weighted by atomic mass is 16.5. The Morgan fingerprint density at radius 2 is 1.78 bits per heavy atom. The average molecular weight is 440 g/mol. The van der Waals surface area contributed by atoms with E-state index in [2.05, 4.69) is 20.5 Å². The summed E-state index contributed by atoms with van der Waals surface area (Å²) in [5.74, 6) is -0.369. The lowest BCUT2D eigenvalue weighted by Crippen LogP contribution is -2.48. The number of rotatable bonds is 6. The number of carbonyl (C=O) groups is 3. The normalized spacial score (nSPS) is 16.8. The number of esters is 1. The zero-order chi connectivity index (χ0) is 22.5. The summed E-state index contributed by atoms with van der Waals surface area (Å²) >= 11 is 0. The highest BCUT2D eigenvalue weighted by Crippen LogP contribution is 2.19. The summed E-state index contributed by atoms with van der Waals surface area (Å²) in [6.07, 6.45) is 4.88. The van der Waals surface area contributed by atoms with Gasteiger partial charge >= 0.3 is 12.0 Å². The molecule has 1 aliphatic carbocycles. The second-order valence-electron chi connectivity index (χ2n) is 8.28. The number of nitrogens with one attached hydrogen (secondary N) is 3. The third-order valence-corrected chi connectivity index (χ3v) is 6.05. The van der Waals surface area contributed by atoms with Gasteiger partial charge in [0.2, 0.25) is 0 Å². The van der Waals surface area contributed by atoms with Crippen molar-refractivity contribution in [3.63, 3.8) is 0 Å². The minimum atomic E-state index is -0.358. The van der Waals surface area contributed by atoms with Gasteiger partial charge in [-0.25, -0.2) is 9.59 Å². The number of H-pyrrole nitrogens is 1. The first-order valence-electron chi connectivity index (χ1n) is 11.0. The van der Waals surface area contributed by atoms with Crippen molar-refractivity contribution in [1.29, 1.82) is 0 Å². The first-order valence-corrected chi connectivity index (χ1v) is 11.0. The van der Waals surface area contributed by atoms with Crippen molar-refractivity contribution in [2.24, 2.45) is 0 Å². The number of methoxy groups -OCH3 is 1. The molecule has 0 bridgehead atoms. The average Bonchev–Trinajstić information content (AvgIpc) is 3.25. The molecule has 4 rings (SSSR count). The van der Waals surface area contributed by atoms with E-state index < -0.39 is 0 Å². The summed E-state index contributed by atoms with van der Waals surface area (Å²) < 4.78 is 4.73. The van der Waals surface area contributed by atoms with Gasteiger partial charge in [0, 0.05) is 61.9 Å². The predicted octanol–water partition coefficient (Wildman–Crippen LogP) is 2.43. The molecular weight excluding hydrogens is 410 g/mol. The molecule has 32 heavy (non-hydrogen) atoms. The third kappa shape index (κ3) is 5.28. The SMILES string of the molecule is COC(=O)c1c[nH]c(CN2CCN(C(=O)c3ccc(NC(=O)NC4CCC4)cc3)CC2)c1. The van der Waals surface area contributed by atoms with E-state index in [1.165, 1.54) is 7.11 Å². The van der Waals surface area contributed by atoms with Crippen LogP contribution in [0.5, 0.6) is 0 Å². The van der Waals surface area contributed by atoms with Crippen LogP contribution in [-0.4, -0.2) is 72.0 Å². The van der Waals surface area contributed by atoms with Crippen molar-refractivity contribution in [3.8, 4) is 0 Å². The van der Waals surface area contributed by atoms with Crippen LogP contribution >= 0.6 is 0 Å². The molecule has 0 radical (unpaired) electrons. The quantitative estimate of drug-likeness (QED) is 0.600. The maximum absolute atomic E-state index is 12.9. The van der Waals surface area contributed by atoms with Crippen molar-refractivity contribution in [2.75, 3.05) is 38.6 Å². The zero-order valence-electron chi connectivity index (χ0n) is 18.2. The smallest absolute Gasteiger partial charge is 0.339 e. The highest BCUT2D eigenvalue weighted by Gasteiger charge is 2.23. The molecule has 3 amide bonds. The summed E-state index contributed by atoms with van der Waals surface area (Å²) in [7, 11) is 1.36. The zero-order valence-corrected chi connectivity index (χ0v) is 18.2. The van der Waals surface area contributed by atoms with Gasteiger partial charge in [-0.2, -0.15) is 0 Å². The van der Waals surface area contributed by atoms with Crippen LogP contribution in [0.3, 0.4) is 0 Å². The van der Waals surface area contributed by atoms with Gasteiger partial charge in [0.25, 0.3) is 5.91 Å². The molecule has 3 N–H and O–H groups in total. The van der Waals surface area contributed by atoms with E-state index in [9.17, 15) is 14.4 Å². The van der Waals surface area contributed by atoms with Gasteiger partial charge in [-0.15, -0.1) is 0 Å². The van der Waals surface area contributed by atoms with Crippen LogP contribution in [0.25, 0.3) is 0 Å². The number of benzene rings is 1. The van der Waals surface area contributed by atoms with Gasteiger partial charge in [0.05, 0.1) is 12.7 Å². The molecule has 1 saturated heterocycles. The van der Waals surface area contributed by atoms with Crippen LogP contribution < -0.4 is 10.6 Å². The van der Waals surface area contributed by atoms with Gasteiger partial charge in [-0.1, -0.05) is 0 Å². The van der Waals surface area contributed by atoms with E-state index in [0.717, 1.165) is 38.0 Å². The number of piperazine rings is 1. The van der Waals surface area contributed by atoms with Crippen molar-refractivity contribution in [2.45, 2.75) is 31.8 Å². The Labute approximate surface area is 187 Å². The van der Waals surface area contributed by atoms with Crippen molar-refractivity contribution < 1.29 is 19.1 Å². The molecule has 0 unspecified atom stereocenters. The number of aromatic amines is 1. The van der Waals surface area contributed by atoms with E-state index >= 15 is 0 Å². The maximum Gasteiger partial charge on any atom is 0.339 e. The first kappa shape index (κ1) is 21.9. The van der Waals surface area contributed by atoms with E-state index in [-0.39, 0.29) is 23.9 Å². The molecule has 9 heteroatoms. The lowest BCUT2D eigenvalue weighted by Gasteiger charge is -2.34. The fourth-order valence-electron chi connectivity index (χ4n) is 3.90. The second kappa shape index (κ2) is 9.86. The van der Waals surface area contributed by atoms with Crippen LogP contribution in [0.1, 0.15) is 45.7 Å². The first-order chi connectivity index (χ1) is 15.5. The van der Waals surface area contributed by atoms with E-state index in [1.807, 2.05) is 4.90 Å². The van der Waals surface area contributed by atoms with Crippen molar-refractivity contribution >= 4 is 23.6 Å². The fourth-order valence-corrected chi connectivity index (χ4v) is 3.90. The summed E-state index contributed by atoms with van der Waals surface area (Å²) in [6.45, 7) is 3.45. The second-order valence-corrected chi connectivity index (χ2v) is 8.28. The van der Waals surface area contributed by atoms with Crippen LogP contribution in [0, 0.1) is 0 Å². The van der Waals surface area contributed by atoms with Crippen LogP contribution in [0.4, 0.5) is 10.5 Å². The van der Waals surface area contributed by atoms with Gasteiger partial charge < -0.3 is 25.3 Å². The molecule has 0 atom stereocenters. The molecule has 2 aliphatic rings. The molecule has 1 aliphatic heterocycles. The fraction of sp³-hybridized carbons (Fsp3) is 0.435. The molecular formula is C23H29N5O4. The van der Waals surface area contributed by atoms with E-state index in [0.29, 0.717) is 36.4 Å². The third-order valence-electron chi connectivity index (χ3n) is 6.05. The Hall–Kier alpha value is -3.33. The molecule has 1 aromatic carbocycles. The molecule has 2 fully saturated rings. The summed E-state index contributed by atoms with van der Waals surface area (Å²) in [6, 6.07) is 8.89. The molecule has 170 valence electrons. The van der Waals surface area contributed by atoms with Crippen LogP contribution in [-0.2, 0) is 11.3 Å². The number of amides is 3. The van der Waals surface area contributed by atoms with Crippen molar-refractivity contribution in [3.05, 3.63) is 53.3 Å². The standard InChI is InChI=1S/C23H29N5O4/c1-32-22(30)17-13-20(24-14-17)15-27-9-11-28(12-10-27)21(29)16-5-7-19(8-6-16)26-23(31)25-18-3-2-4-18/h5-8,13-14,18,24H,2-4,9-12,15H2,1H3,(H2,25,26,31). The lowest BCUT2D eigenvalue weighted by atomic mass is 9.93. The van der Waals surface area contributed by atoms with Crippen molar-refractivity contribution in [1.82, 2.24) is 20.1 Å². The summed E-state index contributed by atoms with van der Waals surface area (Å²) in [4.78, 5) is 43.6. The Balaban J connectivity index is 1.24. The number of hydrogen-bond acceptors (Lipinski definition) is 5. The lowest BCUT2D eigenvalue weighted by molar-refractivity contribution is 0.0597. The van der Waals surface area contributed by atoms with Gasteiger partial charge in [-0.3, -0.25) is 9.69 Å². The molecule has 9 nitrogen and oxygen atoms in total. The Kier molecular flexibility index (Phi) is 6.75. The largest absolute Gasteiger partial charge is 0.465 e. The Morgan fingerprint density at radius 3 is 2.41 bits per heavy atom. The molecule has 0 spiro atoms. The predicted molar refractivity (Wildman–Crippen MR) is 120 cm³/mol. The molecule has 2 heterocycles. The number of ether oxygens (including phenoxy) is 1. The maximum atomic E-state index is 12.9. The number of anilines is 1. The minimum Gasteiger partial charge on any atom is -0.465 e. The Morgan fingerprint density at radius 1 is 1.06 bits per heavy atom. The molecule has 2 aromatic rings. The topological polar surface area (TPSA) is 107 Å².